The molecular formula is C12H12F3NO4. The lowest BCUT2D eigenvalue weighted by Crippen LogP contribution is -2.16. The molecule has 0 bridgehead atoms. The predicted molar refractivity (Wildman–Crippen MR) is 63.4 cm³/mol. The standard InChI is InChI=1S/C12H12F3NO4/c13-9-5-7(1-2-8(9)12(18)19)16-11(17)3-4-20-6-10(14)15/h1-2,5,10H,3-4,6H2,(H,16,17)(H,18,19). The number of anilines is 1. The molecule has 0 unspecified atom stereocenters. The monoisotopic (exact) mass is 291 g/mol. The largest absolute Gasteiger partial charge is 0.478 e. The van der Waals surface area contributed by atoms with Crippen LogP contribution in [0, 0.1) is 5.82 Å². The Morgan fingerprint density at radius 2 is 2.05 bits per heavy atom. The Labute approximate surface area is 112 Å². The van der Waals surface area contributed by atoms with Crippen LogP contribution in [0.25, 0.3) is 0 Å². The van der Waals surface area contributed by atoms with Crippen molar-refractivity contribution in [2.24, 2.45) is 0 Å². The minimum Gasteiger partial charge on any atom is -0.478 e. The molecule has 0 heterocycles. The second-order valence-electron chi connectivity index (χ2n) is 3.76. The maximum Gasteiger partial charge on any atom is 0.338 e. The van der Waals surface area contributed by atoms with Gasteiger partial charge >= 0.3 is 5.97 Å². The molecule has 0 aromatic heterocycles. The second kappa shape index (κ2) is 7.49. The zero-order valence-electron chi connectivity index (χ0n) is 10.2. The number of carboxylic acids is 1. The third-order valence-electron chi connectivity index (χ3n) is 2.20. The van der Waals surface area contributed by atoms with Crippen LogP contribution in [0.5, 0.6) is 0 Å². The average molecular weight is 291 g/mol. The number of aromatic carboxylic acids is 1. The van der Waals surface area contributed by atoms with E-state index >= 15 is 0 Å². The number of carbonyl (C=O) groups excluding carboxylic acids is 1. The number of amides is 1. The molecule has 110 valence electrons. The Hall–Kier alpha value is -2.09. The van der Waals surface area contributed by atoms with Gasteiger partial charge in [0.1, 0.15) is 12.4 Å². The van der Waals surface area contributed by atoms with Gasteiger partial charge in [0.05, 0.1) is 18.6 Å². The van der Waals surface area contributed by atoms with Crippen molar-refractivity contribution in [3.8, 4) is 0 Å². The summed E-state index contributed by atoms with van der Waals surface area (Å²) in [5.41, 5.74) is -0.436. The van der Waals surface area contributed by atoms with Crippen LogP contribution in [0.1, 0.15) is 16.8 Å². The van der Waals surface area contributed by atoms with E-state index in [1.807, 2.05) is 0 Å². The van der Waals surface area contributed by atoms with Crippen LogP contribution < -0.4 is 5.32 Å². The Bertz CT molecular complexity index is 494. The van der Waals surface area contributed by atoms with Crippen molar-refractivity contribution >= 4 is 17.6 Å². The van der Waals surface area contributed by atoms with Gasteiger partial charge in [-0.05, 0) is 18.2 Å². The Kier molecular flexibility index (Phi) is 5.98. The number of benzene rings is 1. The van der Waals surface area contributed by atoms with Crippen LogP contribution in [-0.4, -0.2) is 36.6 Å². The first-order chi connectivity index (χ1) is 9.40. The van der Waals surface area contributed by atoms with Crippen LogP contribution in [0.15, 0.2) is 18.2 Å². The average Bonchev–Trinajstić information content (AvgIpc) is 2.34. The molecule has 1 rings (SSSR count). The highest BCUT2D eigenvalue weighted by atomic mass is 19.3. The van der Waals surface area contributed by atoms with Crippen LogP contribution in [0.3, 0.4) is 0 Å². The van der Waals surface area contributed by atoms with E-state index < -0.39 is 36.3 Å². The summed E-state index contributed by atoms with van der Waals surface area (Å²) in [6.07, 6.45) is -2.77. The molecule has 20 heavy (non-hydrogen) atoms. The van der Waals surface area contributed by atoms with E-state index in [1.165, 1.54) is 6.07 Å². The molecule has 1 amide bonds. The first kappa shape index (κ1) is 16.0. The normalized spacial score (nSPS) is 10.6. The van der Waals surface area contributed by atoms with Crippen molar-refractivity contribution in [3.05, 3.63) is 29.6 Å². The van der Waals surface area contributed by atoms with E-state index in [0.717, 1.165) is 12.1 Å². The fourth-order valence-corrected chi connectivity index (χ4v) is 1.33. The Morgan fingerprint density at radius 3 is 2.60 bits per heavy atom. The number of nitrogens with one attached hydrogen (secondary N) is 1. The number of alkyl halides is 2. The predicted octanol–water partition coefficient (Wildman–Crippen LogP) is 2.13. The molecule has 0 aliphatic carbocycles. The third-order valence-corrected chi connectivity index (χ3v) is 2.20. The number of hydrogen-bond acceptors (Lipinski definition) is 3. The maximum atomic E-state index is 13.3. The highest BCUT2D eigenvalue weighted by molar-refractivity contribution is 5.92. The quantitative estimate of drug-likeness (QED) is 0.755. The lowest BCUT2D eigenvalue weighted by atomic mass is 10.2. The summed E-state index contributed by atoms with van der Waals surface area (Å²) in [7, 11) is 0. The molecule has 2 N–H and O–H groups in total. The van der Waals surface area contributed by atoms with Crippen molar-refractivity contribution < 1.29 is 32.6 Å². The van der Waals surface area contributed by atoms with Gasteiger partial charge in [-0.25, -0.2) is 18.0 Å². The first-order valence-electron chi connectivity index (χ1n) is 5.58. The summed E-state index contributed by atoms with van der Waals surface area (Å²) in [4.78, 5) is 21.9. The SMILES string of the molecule is O=C(CCOCC(F)F)Nc1ccc(C(=O)O)c(F)c1. The van der Waals surface area contributed by atoms with Crippen molar-refractivity contribution in [2.45, 2.75) is 12.8 Å². The highest BCUT2D eigenvalue weighted by Gasteiger charge is 2.11. The molecular weight excluding hydrogens is 279 g/mol. The van der Waals surface area contributed by atoms with Gasteiger partial charge in [0, 0.05) is 5.69 Å². The fraction of sp³-hybridized carbons (Fsp3) is 0.333. The van der Waals surface area contributed by atoms with Crippen molar-refractivity contribution in [1.29, 1.82) is 0 Å². The summed E-state index contributed by atoms with van der Waals surface area (Å²) >= 11 is 0. The Morgan fingerprint density at radius 1 is 1.35 bits per heavy atom. The molecule has 0 aliphatic heterocycles. The summed E-state index contributed by atoms with van der Waals surface area (Å²) in [6.45, 7) is -0.943. The van der Waals surface area contributed by atoms with Gasteiger partial charge in [0.15, 0.2) is 0 Å². The van der Waals surface area contributed by atoms with E-state index in [1.54, 1.807) is 0 Å². The number of ether oxygens (including phenoxy) is 1. The molecule has 1 aromatic rings. The molecule has 0 saturated heterocycles. The first-order valence-corrected chi connectivity index (χ1v) is 5.58. The molecule has 0 fully saturated rings. The van der Waals surface area contributed by atoms with Gasteiger partial charge in [-0.1, -0.05) is 0 Å². The Balaban J connectivity index is 2.46. The van der Waals surface area contributed by atoms with Gasteiger partial charge in [-0.2, -0.15) is 0 Å². The summed E-state index contributed by atoms with van der Waals surface area (Å²) in [5.74, 6) is -2.95. The molecule has 0 saturated carbocycles. The van der Waals surface area contributed by atoms with Crippen LogP contribution >= 0.6 is 0 Å². The molecule has 0 spiro atoms. The summed E-state index contributed by atoms with van der Waals surface area (Å²) in [5, 5.41) is 10.9. The fourth-order valence-electron chi connectivity index (χ4n) is 1.33. The zero-order valence-corrected chi connectivity index (χ0v) is 10.2. The van der Waals surface area contributed by atoms with Crippen molar-refractivity contribution in [3.63, 3.8) is 0 Å². The van der Waals surface area contributed by atoms with Gasteiger partial charge in [0.2, 0.25) is 5.91 Å². The van der Waals surface area contributed by atoms with Crippen molar-refractivity contribution in [2.75, 3.05) is 18.5 Å². The van der Waals surface area contributed by atoms with Gasteiger partial charge < -0.3 is 15.2 Å². The minimum atomic E-state index is -2.60. The van der Waals surface area contributed by atoms with Crippen LogP contribution in [0.2, 0.25) is 0 Å². The van der Waals surface area contributed by atoms with E-state index in [2.05, 4.69) is 10.1 Å². The number of halogens is 3. The number of carboxylic acid groups (broad SMARTS) is 1. The lowest BCUT2D eigenvalue weighted by molar-refractivity contribution is -0.117. The van der Waals surface area contributed by atoms with E-state index in [9.17, 15) is 22.8 Å². The summed E-state index contributed by atoms with van der Waals surface area (Å²) < 4.78 is 41.3. The van der Waals surface area contributed by atoms with Crippen molar-refractivity contribution in [1.82, 2.24) is 0 Å². The summed E-state index contributed by atoms with van der Waals surface area (Å²) in [6, 6.07) is 3.10. The topological polar surface area (TPSA) is 75.6 Å². The minimum absolute atomic E-state index is 0.0753. The van der Waals surface area contributed by atoms with Gasteiger partial charge in [0.25, 0.3) is 6.43 Å². The van der Waals surface area contributed by atoms with E-state index in [0.29, 0.717) is 0 Å². The third kappa shape index (κ3) is 5.27. The molecule has 8 heteroatoms. The maximum absolute atomic E-state index is 13.3. The molecule has 1 aromatic carbocycles. The van der Waals surface area contributed by atoms with E-state index in [4.69, 9.17) is 5.11 Å². The van der Waals surface area contributed by atoms with Gasteiger partial charge in [-0.15, -0.1) is 0 Å². The number of rotatable bonds is 7. The molecule has 0 atom stereocenters. The van der Waals surface area contributed by atoms with Gasteiger partial charge in [-0.3, -0.25) is 4.79 Å². The molecule has 0 aliphatic rings. The number of carbonyl (C=O) groups is 2. The smallest absolute Gasteiger partial charge is 0.338 e. The number of hydrogen-bond donors (Lipinski definition) is 2. The molecule has 0 radical (unpaired) electrons. The zero-order chi connectivity index (χ0) is 15.1. The molecule has 5 nitrogen and oxygen atoms in total. The lowest BCUT2D eigenvalue weighted by Gasteiger charge is -2.07. The highest BCUT2D eigenvalue weighted by Crippen LogP contribution is 2.14. The second-order valence-corrected chi connectivity index (χ2v) is 3.76. The van der Waals surface area contributed by atoms with Crippen LogP contribution in [-0.2, 0) is 9.53 Å². The van der Waals surface area contributed by atoms with E-state index in [-0.39, 0.29) is 18.7 Å². The van der Waals surface area contributed by atoms with Crippen LogP contribution in [0.4, 0.5) is 18.9 Å².